The van der Waals surface area contributed by atoms with Gasteiger partial charge in [-0.25, -0.2) is 0 Å². The monoisotopic (exact) mass is 297 g/mol. The van der Waals surface area contributed by atoms with E-state index in [4.69, 9.17) is 14.2 Å². The van der Waals surface area contributed by atoms with Crippen LogP contribution >= 0.6 is 0 Å². The molecule has 1 aliphatic rings. The van der Waals surface area contributed by atoms with E-state index in [1.54, 1.807) is 6.21 Å². The first-order chi connectivity index (χ1) is 10.7. The summed E-state index contributed by atoms with van der Waals surface area (Å²) < 4.78 is 16.5. The quantitative estimate of drug-likeness (QED) is 0.795. The Labute approximate surface area is 130 Å². The minimum atomic E-state index is 0.249. The van der Waals surface area contributed by atoms with Gasteiger partial charge in [0.2, 0.25) is 6.79 Å². The van der Waals surface area contributed by atoms with Gasteiger partial charge in [-0.3, -0.25) is 4.99 Å². The normalized spacial score (nSPS) is 12.9. The van der Waals surface area contributed by atoms with E-state index >= 15 is 0 Å². The van der Waals surface area contributed by atoms with Crippen LogP contribution in [0.4, 0.5) is 5.69 Å². The molecule has 0 aliphatic carbocycles. The summed E-state index contributed by atoms with van der Waals surface area (Å²) in [5.41, 5.74) is 4.29. The van der Waals surface area contributed by atoms with Crippen molar-refractivity contribution in [3.05, 3.63) is 47.0 Å². The molecular weight excluding hydrogens is 278 g/mol. The van der Waals surface area contributed by atoms with Crippen molar-refractivity contribution in [2.45, 2.75) is 20.8 Å². The van der Waals surface area contributed by atoms with Crippen molar-refractivity contribution in [2.24, 2.45) is 4.99 Å². The zero-order valence-electron chi connectivity index (χ0n) is 13.1. The second-order valence-electron chi connectivity index (χ2n) is 5.20. The van der Waals surface area contributed by atoms with Crippen molar-refractivity contribution < 1.29 is 14.2 Å². The van der Waals surface area contributed by atoms with E-state index in [9.17, 15) is 0 Å². The topological polar surface area (TPSA) is 40.0 Å². The van der Waals surface area contributed by atoms with Crippen LogP contribution < -0.4 is 14.2 Å². The fraction of sp³-hybridized carbons (Fsp3) is 0.278. The van der Waals surface area contributed by atoms with Crippen molar-refractivity contribution in [1.29, 1.82) is 0 Å². The Bertz CT molecular complexity index is 723. The molecule has 0 atom stereocenters. The third-order valence-electron chi connectivity index (χ3n) is 3.65. The highest BCUT2D eigenvalue weighted by Gasteiger charge is 2.17. The van der Waals surface area contributed by atoms with Crippen LogP contribution in [0.3, 0.4) is 0 Å². The van der Waals surface area contributed by atoms with E-state index in [2.05, 4.69) is 31.0 Å². The number of rotatable bonds is 4. The highest BCUT2D eigenvalue weighted by atomic mass is 16.7. The largest absolute Gasteiger partial charge is 0.493 e. The molecule has 1 aliphatic heterocycles. The van der Waals surface area contributed by atoms with Crippen molar-refractivity contribution in [1.82, 2.24) is 0 Å². The van der Waals surface area contributed by atoms with Crippen molar-refractivity contribution in [3.63, 3.8) is 0 Å². The van der Waals surface area contributed by atoms with E-state index in [0.717, 1.165) is 22.7 Å². The van der Waals surface area contributed by atoms with Gasteiger partial charge in [-0.1, -0.05) is 6.07 Å². The third kappa shape index (κ3) is 2.91. The molecule has 0 unspecified atom stereocenters. The summed E-state index contributed by atoms with van der Waals surface area (Å²) in [6.45, 7) is 6.96. The summed E-state index contributed by atoms with van der Waals surface area (Å²) in [4.78, 5) is 4.55. The van der Waals surface area contributed by atoms with Gasteiger partial charge >= 0.3 is 0 Å². The molecule has 4 heteroatoms. The summed E-state index contributed by atoms with van der Waals surface area (Å²) in [6.07, 6.45) is 1.80. The first kappa shape index (κ1) is 14.4. The maximum Gasteiger partial charge on any atom is 0.231 e. The van der Waals surface area contributed by atoms with E-state index < -0.39 is 0 Å². The second-order valence-corrected chi connectivity index (χ2v) is 5.20. The Kier molecular flexibility index (Phi) is 4.00. The van der Waals surface area contributed by atoms with Crippen LogP contribution in [0.5, 0.6) is 17.2 Å². The van der Waals surface area contributed by atoms with Gasteiger partial charge in [0, 0.05) is 17.8 Å². The molecule has 0 aromatic heterocycles. The first-order valence-electron chi connectivity index (χ1n) is 7.35. The number of hydrogen-bond acceptors (Lipinski definition) is 4. The van der Waals surface area contributed by atoms with Crippen LogP contribution in [0.2, 0.25) is 0 Å². The average molecular weight is 297 g/mol. The number of fused-ring (bicyclic) bond motifs is 1. The molecule has 1 heterocycles. The van der Waals surface area contributed by atoms with Crippen LogP contribution in [-0.2, 0) is 0 Å². The highest BCUT2D eigenvalue weighted by molar-refractivity contribution is 5.87. The molecule has 0 amide bonds. The van der Waals surface area contributed by atoms with Gasteiger partial charge in [0.1, 0.15) is 5.75 Å². The SMILES string of the molecule is CCOc1cc2c(cc1C=Nc1ccc(C)c(C)c1)OCO2. The standard InChI is InChI=1S/C18H19NO3/c1-4-20-16-9-18-17(21-11-22-18)8-14(16)10-19-15-6-5-12(2)13(3)7-15/h5-10H,4,11H2,1-3H3. The summed E-state index contributed by atoms with van der Waals surface area (Å²) in [5.74, 6) is 2.19. The van der Waals surface area contributed by atoms with Crippen LogP contribution in [0.25, 0.3) is 0 Å². The molecule has 3 rings (SSSR count). The van der Waals surface area contributed by atoms with Gasteiger partial charge in [0.15, 0.2) is 11.5 Å². The van der Waals surface area contributed by atoms with E-state index in [0.29, 0.717) is 12.4 Å². The lowest BCUT2D eigenvalue weighted by atomic mass is 10.1. The molecule has 0 saturated heterocycles. The molecule has 0 radical (unpaired) electrons. The molecule has 2 aromatic carbocycles. The van der Waals surface area contributed by atoms with Crippen molar-refractivity contribution >= 4 is 11.9 Å². The highest BCUT2D eigenvalue weighted by Crippen LogP contribution is 2.37. The lowest BCUT2D eigenvalue weighted by Gasteiger charge is -2.08. The Morgan fingerprint density at radius 1 is 1.09 bits per heavy atom. The summed E-state index contributed by atoms with van der Waals surface area (Å²) in [6, 6.07) is 9.90. The number of ether oxygens (including phenoxy) is 3. The maximum absolute atomic E-state index is 5.67. The number of hydrogen-bond donors (Lipinski definition) is 0. The zero-order chi connectivity index (χ0) is 15.5. The Hall–Kier alpha value is -2.49. The average Bonchev–Trinajstić information content (AvgIpc) is 2.96. The van der Waals surface area contributed by atoms with Gasteiger partial charge in [-0.15, -0.1) is 0 Å². The number of benzene rings is 2. The van der Waals surface area contributed by atoms with Crippen molar-refractivity contribution in [3.8, 4) is 17.2 Å². The van der Waals surface area contributed by atoms with Crippen LogP contribution in [0.1, 0.15) is 23.6 Å². The van der Waals surface area contributed by atoms with Crippen LogP contribution in [0, 0.1) is 13.8 Å². The summed E-state index contributed by atoms with van der Waals surface area (Å²) >= 11 is 0. The smallest absolute Gasteiger partial charge is 0.231 e. The minimum Gasteiger partial charge on any atom is -0.493 e. The molecular formula is C18H19NO3. The van der Waals surface area contributed by atoms with E-state index in [1.807, 2.05) is 25.1 Å². The first-order valence-corrected chi connectivity index (χ1v) is 7.35. The molecule has 0 saturated carbocycles. The lowest BCUT2D eigenvalue weighted by molar-refractivity contribution is 0.174. The fourth-order valence-corrected chi connectivity index (χ4v) is 2.27. The number of aliphatic imine (C=N–C) groups is 1. The van der Waals surface area contributed by atoms with E-state index in [-0.39, 0.29) is 6.79 Å². The predicted molar refractivity (Wildman–Crippen MR) is 86.9 cm³/mol. The zero-order valence-corrected chi connectivity index (χ0v) is 13.1. The summed E-state index contributed by atoms with van der Waals surface area (Å²) in [7, 11) is 0. The minimum absolute atomic E-state index is 0.249. The van der Waals surface area contributed by atoms with Gasteiger partial charge < -0.3 is 14.2 Å². The van der Waals surface area contributed by atoms with Gasteiger partial charge in [0.25, 0.3) is 0 Å². The summed E-state index contributed by atoms with van der Waals surface area (Å²) in [5, 5.41) is 0. The van der Waals surface area contributed by atoms with Crippen LogP contribution in [0.15, 0.2) is 35.3 Å². The van der Waals surface area contributed by atoms with Gasteiger partial charge in [-0.05, 0) is 50.1 Å². The Balaban J connectivity index is 1.93. The number of nitrogens with zero attached hydrogens (tertiary/aromatic N) is 1. The molecule has 22 heavy (non-hydrogen) atoms. The van der Waals surface area contributed by atoms with Gasteiger partial charge in [-0.2, -0.15) is 0 Å². The Morgan fingerprint density at radius 2 is 1.86 bits per heavy atom. The lowest BCUT2D eigenvalue weighted by Crippen LogP contribution is -1.96. The molecule has 0 bridgehead atoms. The molecule has 0 spiro atoms. The third-order valence-corrected chi connectivity index (χ3v) is 3.65. The Morgan fingerprint density at radius 3 is 2.59 bits per heavy atom. The predicted octanol–water partition coefficient (Wildman–Crippen LogP) is 4.18. The van der Waals surface area contributed by atoms with Gasteiger partial charge in [0.05, 0.1) is 12.3 Å². The molecule has 4 nitrogen and oxygen atoms in total. The second kappa shape index (κ2) is 6.10. The molecule has 0 N–H and O–H groups in total. The molecule has 114 valence electrons. The fourth-order valence-electron chi connectivity index (χ4n) is 2.27. The number of aryl methyl sites for hydroxylation is 2. The van der Waals surface area contributed by atoms with E-state index in [1.165, 1.54) is 11.1 Å². The molecule has 2 aromatic rings. The van der Waals surface area contributed by atoms with Crippen molar-refractivity contribution in [2.75, 3.05) is 13.4 Å². The van der Waals surface area contributed by atoms with Crippen LogP contribution in [-0.4, -0.2) is 19.6 Å². The maximum atomic E-state index is 5.67. The molecule has 0 fully saturated rings.